The van der Waals surface area contributed by atoms with Crippen LogP contribution in [0.1, 0.15) is 25.7 Å². The molecule has 0 radical (unpaired) electrons. The maximum atomic E-state index is 11.2. The normalized spacial score (nSPS) is 18.4. The largest absolute Gasteiger partial charge is 0.490 e. The number of hydrogen-bond donors (Lipinski definition) is 1. The summed E-state index contributed by atoms with van der Waals surface area (Å²) in [4.78, 5) is 13.7. The minimum Gasteiger partial charge on any atom is -0.490 e. The summed E-state index contributed by atoms with van der Waals surface area (Å²) < 4.78 is 6.04. The molecule has 1 aliphatic heterocycles. The lowest BCUT2D eigenvalue weighted by Crippen LogP contribution is -2.38. The van der Waals surface area contributed by atoms with Crippen LogP contribution in [0.15, 0.2) is 36.0 Å². The number of nitrogens with one attached hydrogen (secondary N) is 1. The summed E-state index contributed by atoms with van der Waals surface area (Å²) in [6, 6.07) is 7.47. The number of ether oxygens (including phenoxy) is 1. The Bertz CT molecular complexity index is 548. The molecule has 5 heteroatoms. The van der Waals surface area contributed by atoms with Gasteiger partial charge in [-0.05, 0) is 37.1 Å². The summed E-state index contributed by atoms with van der Waals surface area (Å²) in [6.07, 6.45) is 7.19. The highest BCUT2D eigenvalue weighted by Gasteiger charge is 2.23. The number of allylic oxidation sites excluding steroid dienone is 2. The van der Waals surface area contributed by atoms with Crippen LogP contribution in [0.5, 0.6) is 5.75 Å². The third-order valence-electron chi connectivity index (χ3n) is 4.19. The van der Waals surface area contributed by atoms with Crippen molar-refractivity contribution in [3.63, 3.8) is 0 Å². The number of rotatable bonds is 5. The minimum absolute atomic E-state index is 0.0345. The molecule has 1 amide bonds. The van der Waals surface area contributed by atoms with Crippen LogP contribution in [0.3, 0.4) is 0 Å². The zero-order valence-electron chi connectivity index (χ0n) is 12.6. The first-order chi connectivity index (χ1) is 10.7. The van der Waals surface area contributed by atoms with Gasteiger partial charge in [-0.15, -0.1) is 11.6 Å². The smallest absolute Gasteiger partial charge is 0.239 e. The highest BCUT2D eigenvalue weighted by atomic mass is 35.5. The number of piperidine rings is 1. The second kappa shape index (κ2) is 7.05. The van der Waals surface area contributed by atoms with Gasteiger partial charge in [0.05, 0.1) is 0 Å². The van der Waals surface area contributed by atoms with Crippen LogP contribution < -0.4 is 10.1 Å². The van der Waals surface area contributed by atoms with Crippen LogP contribution in [-0.4, -0.2) is 35.9 Å². The number of likely N-dealkylation sites (tertiary alicyclic amines) is 1. The summed E-state index contributed by atoms with van der Waals surface area (Å²) in [7, 11) is 0. The van der Waals surface area contributed by atoms with Gasteiger partial charge < -0.3 is 15.0 Å². The van der Waals surface area contributed by atoms with Crippen molar-refractivity contribution in [3.05, 3.63) is 36.0 Å². The van der Waals surface area contributed by atoms with Crippen molar-refractivity contribution in [1.82, 2.24) is 4.90 Å². The van der Waals surface area contributed by atoms with Gasteiger partial charge in [0.2, 0.25) is 5.91 Å². The highest BCUT2D eigenvalue weighted by molar-refractivity contribution is 6.29. The molecular formula is C17H21ClN2O2. The molecule has 1 aromatic rings. The van der Waals surface area contributed by atoms with E-state index < -0.39 is 0 Å². The van der Waals surface area contributed by atoms with E-state index in [0.717, 1.165) is 37.4 Å². The van der Waals surface area contributed by atoms with Crippen LogP contribution in [0.25, 0.3) is 0 Å². The fourth-order valence-electron chi connectivity index (χ4n) is 2.83. The average Bonchev–Trinajstić information content (AvgIpc) is 2.49. The Kier molecular flexibility index (Phi) is 4.88. The predicted octanol–water partition coefficient (Wildman–Crippen LogP) is 3.38. The van der Waals surface area contributed by atoms with E-state index in [-0.39, 0.29) is 17.9 Å². The van der Waals surface area contributed by atoms with Gasteiger partial charge in [-0.25, -0.2) is 0 Å². The molecule has 3 rings (SSSR count). The molecular weight excluding hydrogens is 300 g/mol. The zero-order chi connectivity index (χ0) is 15.4. The second-order valence-electron chi connectivity index (χ2n) is 5.74. The van der Waals surface area contributed by atoms with Crippen LogP contribution in [-0.2, 0) is 4.79 Å². The molecule has 1 saturated heterocycles. The molecule has 1 fully saturated rings. The maximum Gasteiger partial charge on any atom is 0.239 e. The molecule has 0 saturated carbocycles. The molecule has 1 aliphatic carbocycles. The molecule has 0 spiro atoms. The molecule has 0 unspecified atom stereocenters. The van der Waals surface area contributed by atoms with Crippen LogP contribution in [0.4, 0.5) is 5.69 Å². The van der Waals surface area contributed by atoms with Gasteiger partial charge in [0.25, 0.3) is 0 Å². The number of benzene rings is 1. The van der Waals surface area contributed by atoms with Crippen LogP contribution >= 0.6 is 11.6 Å². The van der Waals surface area contributed by atoms with Gasteiger partial charge in [-0.3, -0.25) is 4.79 Å². The molecule has 22 heavy (non-hydrogen) atoms. The number of hydrogen-bond acceptors (Lipinski definition) is 3. The van der Waals surface area contributed by atoms with E-state index in [1.54, 1.807) is 0 Å². The summed E-state index contributed by atoms with van der Waals surface area (Å²) in [5, 5.41) is 2.71. The number of anilines is 1. The van der Waals surface area contributed by atoms with Gasteiger partial charge in [0, 0.05) is 37.3 Å². The molecule has 0 bridgehead atoms. The fourth-order valence-corrected chi connectivity index (χ4v) is 2.89. The van der Waals surface area contributed by atoms with E-state index in [1.807, 2.05) is 24.3 Å². The average molecular weight is 321 g/mol. The van der Waals surface area contributed by atoms with E-state index in [0.29, 0.717) is 0 Å². The quantitative estimate of drug-likeness (QED) is 0.846. The van der Waals surface area contributed by atoms with E-state index in [2.05, 4.69) is 16.3 Å². The lowest BCUT2D eigenvalue weighted by atomic mass is 10.0. The number of halogens is 1. The van der Waals surface area contributed by atoms with Crippen molar-refractivity contribution in [2.45, 2.75) is 31.8 Å². The Hall–Kier alpha value is -1.68. The van der Waals surface area contributed by atoms with E-state index >= 15 is 0 Å². The Morgan fingerprint density at radius 2 is 1.95 bits per heavy atom. The predicted molar refractivity (Wildman–Crippen MR) is 88.3 cm³/mol. The summed E-state index contributed by atoms with van der Waals surface area (Å²) >= 11 is 5.47. The molecule has 1 aromatic carbocycles. The van der Waals surface area contributed by atoms with Crippen molar-refractivity contribution in [1.29, 1.82) is 0 Å². The molecule has 0 aromatic heterocycles. The van der Waals surface area contributed by atoms with Gasteiger partial charge in [0.1, 0.15) is 17.7 Å². The number of alkyl halides is 1. The Labute approximate surface area is 136 Å². The third kappa shape index (κ3) is 3.74. The molecule has 1 N–H and O–H groups in total. The lowest BCUT2D eigenvalue weighted by molar-refractivity contribution is -0.113. The summed E-state index contributed by atoms with van der Waals surface area (Å²) in [5.74, 6) is 0.617. The molecule has 0 atom stereocenters. The van der Waals surface area contributed by atoms with Crippen LogP contribution in [0.2, 0.25) is 0 Å². The third-order valence-corrected chi connectivity index (χ3v) is 4.43. The number of nitrogens with zero attached hydrogens (tertiary/aromatic N) is 1. The summed E-state index contributed by atoms with van der Waals surface area (Å²) in [6.45, 7) is 2.17. The van der Waals surface area contributed by atoms with E-state index in [4.69, 9.17) is 16.3 Å². The van der Waals surface area contributed by atoms with Crippen molar-refractivity contribution in [2.75, 3.05) is 24.3 Å². The van der Waals surface area contributed by atoms with E-state index in [9.17, 15) is 4.79 Å². The Balaban J connectivity index is 1.48. The minimum atomic E-state index is -0.201. The van der Waals surface area contributed by atoms with E-state index in [1.165, 1.54) is 18.5 Å². The Morgan fingerprint density at radius 3 is 2.50 bits per heavy atom. The number of amides is 1. The van der Waals surface area contributed by atoms with Gasteiger partial charge in [-0.2, -0.15) is 0 Å². The molecule has 118 valence electrons. The number of carbonyl (C=O) groups excluding carboxylic acids is 1. The van der Waals surface area contributed by atoms with Crippen molar-refractivity contribution in [3.8, 4) is 5.75 Å². The first-order valence-corrected chi connectivity index (χ1v) is 8.34. The highest BCUT2D eigenvalue weighted by Crippen LogP contribution is 2.27. The van der Waals surface area contributed by atoms with Crippen molar-refractivity contribution >= 4 is 23.2 Å². The van der Waals surface area contributed by atoms with Crippen LogP contribution in [0, 0.1) is 0 Å². The SMILES string of the molecule is O=C(CCl)Nc1ccc(OC2CCN(C3=CCC3)CC2)cc1. The Morgan fingerprint density at radius 1 is 1.27 bits per heavy atom. The maximum absolute atomic E-state index is 11.2. The first kappa shape index (κ1) is 15.2. The molecule has 2 aliphatic rings. The molecule has 1 heterocycles. The standard InChI is InChI=1S/C17H21ClN2O2/c18-12-17(21)19-13-4-6-15(7-5-13)22-16-8-10-20(11-9-16)14-2-1-3-14/h2,4-7,16H,1,3,8-12H2,(H,19,21). The number of carbonyl (C=O) groups is 1. The lowest BCUT2D eigenvalue weighted by Gasteiger charge is -2.37. The van der Waals surface area contributed by atoms with Crippen molar-refractivity contribution in [2.24, 2.45) is 0 Å². The van der Waals surface area contributed by atoms with Gasteiger partial charge in [0.15, 0.2) is 0 Å². The zero-order valence-corrected chi connectivity index (χ0v) is 13.3. The summed E-state index contributed by atoms with van der Waals surface area (Å²) in [5.41, 5.74) is 2.25. The fraction of sp³-hybridized carbons (Fsp3) is 0.471. The van der Waals surface area contributed by atoms with Crippen molar-refractivity contribution < 1.29 is 9.53 Å². The van der Waals surface area contributed by atoms with Gasteiger partial charge >= 0.3 is 0 Å². The second-order valence-corrected chi connectivity index (χ2v) is 6.01. The van der Waals surface area contributed by atoms with Gasteiger partial charge in [-0.1, -0.05) is 6.08 Å². The molecule has 4 nitrogen and oxygen atoms in total. The monoisotopic (exact) mass is 320 g/mol. The topological polar surface area (TPSA) is 41.6 Å². The first-order valence-electron chi connectivity index (χ1n) is 7.81.